The second-order valence-corrected chi connectivity index (χ2v) is 7.67. The fourth-order valence-corrected chi connectivity index (χ4v) is 3.35. The molecule has 30 heavy (non-hydrogen) atoms. The topological polar surface area (TPSA) is 70.2 Å². The highest BCUT2D eigenvalue weighted by Gasteiger charge is 2.10. The third-order valence-corrected chi connectivity index (χ3v) is 4.62. The number of anilines is 2. The Morgan fingerprint density at radius 3 is 2.07 bits per heavy atom. The molecule has 5 nitrogen and oxygen atoms in total. The van der Waals surface area contributed by atoms with Crippen LogP contribution in [0.25, 0.3) is 0 Å². The summed E-state index contributed by atoms with van der Waals surface area (Å²) < 4.78 is 0. The lowest BCUT2D eigenvalue weighted by molar-refractivity contribution is 0.0976. The molecule has 152 valence electrons. The highest BCUT2D eigenvalue weighted by molar-refractivity contribution is 7.80. The minimum Gasteiger partial charge on any atom is -0.332 e. The van der Waals surface area contributed by atoms with Crippen molar-refractivity contribution >= 4 is 52.1 Å². The largest absolute Gasteiger partial charge is 0.332 e. The van der Waals surface area contributed by atoms with E-state index in [2.05, 4.69) is 16.0 Å². The Hall–Kier alpha value is -3.22. The summed E-state index contributed by atoms with van der Waals surface area (Å²) in [6.45, 7) is 3.87. The number of carbonyl (C=O) groups is 2. The van der Waals surface area contributed by atoms with Gasteiger partial charge < -0.3 is 10.6 Å². The van der Waals surface area contributed by atoms with Crippen molar-refractivity contribution in [2.45, 2.75) is 13.8 Å². The van der Waals surface area contributed by atoms with Gasteiger partial charge in [-0.25, -0.2) is 0 Å². The molecule has 3 aromatic carbocycles. The zero-order valence-corrected chi connectivity index (χ0v) is 18.0. The first-order chi connectivity index (χ1) is 14.3. The number of rotatable bonds is 4. The molecule has 0 atom stereocenters. The van der Waals surface area contributed by atoms with Gasteiger partial charge >= 0.3 is 0 Å². The lowest BCUT2D eigenvalue weighted by Gasteiger charge is -2.12. The predicted octanol–water partition coefficient (Wildman–Crippen LogP) is 5.34. The molecular formula is C23H20ClN3O2S. The molecule has 2 amide bonds. The van der Waals surface area contributed by atoms with E-state index in [1.807, 2.05) is 19.9 Å². The molecule has 7 heteroatoms. The minimum absolute atomic E-state index is 0.164. The quantitative estimate of drug-likeness (QED) is 0.482. The first-order valence-corrected chi connectivity index (χ1v) is 9.96. The van der Waals surface area contributed by atoms with E-state index >= 15 is 0 Å². The number of nitrogens with one attached hydrogen (secondary N) is 3. The van der Waals surface area contributed by atoms with E-state index in [0.29, 0.717) is 27.5 Å². The number of benzene rings is 3. The van der Waals surface area contributed by atoms with Crippen LogP contribution >= 0.6 is 23.8 Å². The maximum absolute atomic E-state index is 12.4. The van der Waals surface area contributed by atoms with Crippen LogP contribution in [0.1, 0.15) is 31.8 Å². The average molecular weight is 438 g/mol. The smallest absolute Gasteiger partial charge is 0.257 e. The molecule has 0 fully saturated rings. The van der Waals surface area contributed by atoms with Crippen LogP contribution < -0.4 is 16.0 Å². The van der Waals surface area contributed by atoms with Gasteiger partial charge in [0.05, 0.1) is 0 Å². The fraction of sp³-hybridized carbons (Fsp3) is 0.0870. The Morgan fingerprint density at radius 1 is 0.767 bits per heavy atom. The van der Waals surface area contributed by atoms with Gasteiger partial charge in [-0.3, -0.25) is 14.9 Å². The maximum atomic E-state index is 12.4. The van der Waals surface area contributed by atoms with Crippen LogP contribution in [0.3, 0.4) is 0 Å². The molecular weight excluding hydrogens is 418 g/mol. The number of halogens is 1. The van der Waals surface area contributed by atoms with Gasteiger partial charge in [0, 0.05) is 27.5 Å². The lowest BCUT2D eigenvalue weighted by atomic mass is 10.1. The Balaban J connectivity index is 1.63. The van der Waals surface area contributed by atoms with Crippen molar-refractivity contribution in [1.82, 2.24) is 5.32 Å². The summed E-state index contributed by atoms with van der Waals surface area (Å²) in [6, 6.07) is 19.3. The van der Waals surface area contributed by atoms with E-state index in [-0.39, 0.29) is 16.9 Å². The van der Waals surface area contributed by atoms with Gasteiger partial charge in [-0.05, 0) is 74.6 Å². The molecule has 3 rings (SSSR count). The van der Waals surface area contributed by atoms with Gasteiger partial charge in [-0.2, -0.15) is 0 Å². The molecule has 0 aliphatic rings. The average Bonchev–Trinajstić information content (AvgIpc) is 2.67. The van der Waals surface area contributed by atoms with E-state index in [0.717, 1.165) is 11.1 Å². The van der Waals surface area contributed by atoms with Gasteiger partial charge in [0.25, 0.3) is 11.8 Å². The number of amides is 2. The molecule has 0 spiro atoms. The van der Waals surface area contributed by atoms with Gasteiger partial charge in [0.1, 0.15) is 0 Å². The Bertz CT molecular complexity index is 1110. The minimum atomic E-state index is -0.287. The van der Waals surface area contributed by atoms with Gasteiger partial charge in [0.2, 0.25) is 0 Å². The SMILES string of the molecule is Cc1cc(C)cc(C(=O)NC(=S)Nc2cccc(NC(=O)c3cccc(Cl)c3)c2)c1. The maximum Gasteiger partial charge on any atom is 0.257 e. The van der Waals surface area contributed by atoms with E-state index in [9.17, 15) is 9.59 Å². The predicted molar refractivity (Wildman–Crippen MR) is 125 cm³/mol. The molecule has 0 saturated heterocycles. The zero-order chi connectivity index (χ0) is 21.7. The molecule has 0 radical (unpaired) electrons. The summed E-state index contributed by atoms with van der Waals surface area (Å²) in [5.74, 6) is -0.565. The van der Waals surface area contributed by atoms with Crippen molar-refractivity contribution in [3.05, 3.63) is 94.0 Å². The Labute approximate surface area is 185 Å². The zero-order valence-electron chi connectivity index (χ0n) is 16.5. The third kappa shape index (κ3) is 5.89. The molecule has 0 aliphatic carbocycles. The van der Waals surface area contributed by atoms with Crippen molar-refractivity contribution < 1.29 is 9.59 Å². The molecule has 0 bridgehead atoms. The monoisotopic (exact) mass is 437 g/mol. The summed E-state index contributed by atoms with van der Waals surface area (Å²) in [7, 11) is 0. The van der Waals surface area contributed by atoms with Gasteiger partial charge in [-0.15, -0.1) is 0 Å². The van der Waals surface area contributed by atoms with Crippen molar-refractivity contribution in [2.24, 2.45) is 0 Å². The van der Waals surface area contributed by atoms with Crippen LogP contribution in [0.2, 0.25) is 5.02 Å². The number of hydrogen-bond donors (Lipinski definition) is 3. The molecule has 3 aromatic rings. The number of aryl methyl sites for hydroxylation is 2. The first-order valence-electron chi connectivity index (χ1n) is 9.18. The molecule has 0 saturated carbocycles. The van der Waals surface area contributed by atoms with Crippen LogP contribution in [0, 0.1) is 13.8 Å². The van der Waals surface area contributed by atoms with Crippen LogP contribution in [0.15, 0.2) is 66.7 Å². The van der Waals surface area contributed by atoms with E-state index in [1.54, 1.807) is 60.7 Å². The number of hydrogen-bond acceptors (Lipinski definition) is 3. The van der Waals surface area contributed by atoms with Gasteiger partial charge in [-0.1, -0.05) is 40.9 Å². The van der Waals surface area contributed by atoms with Crippen molar-refractivity contribution in [1.29, 1.82) is 0 Å². The van der Waals surface area contributed by atoms with Crippen molar-refractivity contribution in [3.63, 3.8) is 0 Å². The fourth-order valence-electron chi connectivity index (χ4n) is 2.95. The molecule has 0 aliphatic heterocycles. The summed E-state index contributed by atoms with van der Waals surface area (Å²) in [4.78, 5) is 24.8. The summed E-state index contributed by atoms with van der Waals surface area (Å²) in [6.07, 6.45) is 0. The summed E-state index contributed by atoms with van der Waals surface area (Å²) >= 11 is 11.2. The molecule has 0 unspecified atom stereocenters. The van der Waals surface area contributed by atoms with E-state index < -0.39 is 0 Å². The number of thiocarbonyl (C=S) groups is 1. The van der Waals surface area contributed by atoms with Crippen LogP contribution in [-0.2, 0) is 0 Å². The Kier molecular flexibility index (Phi) is 6.82. The highest BCUT2D eigenvalue weighted by Crippen LogP contribution is 2.17. The van der Waals surface area contributed by atoms with Crippen molar-refractivity contribution in [2.75, 3.05) is 10.6 Å². The van der Waals surface area contributed by atoms with Crippen molar-refractivity contribution in [3.8, 4) is 0 Å². The number of carbonyl (C=O) groups excluding carboxylic acids is 2. The van der Waals surface area contributed by atoms with Crippen LogP contribution in [0.4, 0.5) is 11.4 Å². The van der Waals surface area contributed by atoms with E-state index in [4.69, 9.17) is 23.8 Å². The van der Waals surface area contributed by atoms with Crippen LogP contribution in [0.5, 0.6) is 0 Å². The highest BCUT2D eigenvalue weighted by atomic mass is 35.5. The summed E-state index contributed by atoms with van der Waals surface area (Å²) in [5, 5.41) is 9.10. The summed E-state index contributed by atoms with van der Waals surface area (Å²) in [5.41, 5.74) is 4.21. The third-order valence-electron chi connectivity index (χ3n) is 4.18. The normalized spacial score (nSPS) is 10.2. The first kappa shape index (κ1) is 21.5. The van der Waals surface area contributed by atoms with E-state index in [1.165, 1.54) is 0 Å². The standard InChI is InChI=1S/C23H20ClN3O2S/c1-14-9-15(2)11-17(10-14)22(29)27-23(30)26-20-8-4-7-19(13-20)25-21(28)16-5-3-6-18(24)12-16/h3-13H,1-2H3,(H,25,28)(H2,26,27,29,30). The molecule has 3 N–H and O–H groups in total. The van der Waals surface area contributed by atoms with Gasteiger partial charge in [0.15, 0.2) is 5.11 Å². The molecule has 0 aromatic heterocycles. The second-order valence-electron chi connectivity index (χ2n) is 6.83. The Morgan fingerprint density at radius 2 is 1.40 bits per heavy atom. The van der Waals surface area contributed by atoms with Crippen LogP contribution in [-0.4, -0.2) is 16.9 Å². The molecule has 0 heterocycles. The lowest BCUT2D eigenvalue weighted by Crippen LogP contribution is -2.34. The second kappa shape index (κ2) is 9.52.